The highest BCUT2D eigenvalue weighted by atomic mass is 28.4. The van der Waals surface area contributed by atoms with Crippen LogP contribution in [-0.4, -0.2) is 40.8 Å². The van der Waals surface area contributed by atoms with Crippen LogP contribution in [0.25, 0.3) is 0 Å². The summed E-state index contributed by atoms with van der Waals surface area (Å²) in [5, 5.41) is 0. The second-order valence-electron chi connectivity index (χ2n) is 8.63. The van der Waals surface area contributed by atoms with Crippen LogP contribution < -0.4 is 0 Å². The molecule has 8 atom stereocenters. The Labute approximate surface area is 154 Å². The molecule has 1 heterocycles. The molecule has 1 aliphatic heterocycles. The third kappa shape index (κ3) is 3.24. The van der Waals surface area contributed by atoms with E-state index < -0.39 is 8.80 Å². The van der Waals surface area contributed by atoms with E-state index in [4.69, 9.17) is 18.0 Å². The van der Waals surface area contributed by atoms with E-state index >= 15 is 0 Å². The number of fused-ring (bicyclic) bond motifs is 6. The maximum absolute atomic E-state index is 6.08. The van der Waals surface area contributed by atoms with Gasteiger partial charge in [0, 0.05) is 25.9 Å². The summed E-state index contributed by atoms with van der Waals surface area (Å²) < 4.78 is 24.1. The Balaban J connectivity index is 1.41. The summed E-state index contributed by atoms with van der Waals surface area (Å²) in [6, 6.07) is 0.989. The van der Waals surface area contributed by atoms with Crippen LogP contribution >= 0.6 is 0 Å². The Morgan fingerprint density at radius 3 is 2.04 bits per heavy atom. The topological polar surface area (TPSA) is 40.2 Å². The zero-order valence-electron chi connectivity index (χ0n) is 16.4. The molecule has 4 rings (SSSR count). The molecule has 5 heteroatoms. The predicted molar refractivity (Wildman–Crippen MR) is 99.2 cm³/mol. The van der Waals surface area contributed by atoms with Crippen molar-refractivity contribution in [2.24, 2.45) is 35.5 Å². The van der Waals surface area contributed by atoms with E-state index in [1.54, 1.807) is 0 Å². The van der Waals surface area contributed by atoms with Gasteiger partial charge in [0.1, 0.15) is 0 Å². The maximum atomic E-state index is 6.08. The molecule has 4 fully saturated rings. The Bertz CT molecular complexity index is 456. The summed E-state index contributed by atoms with van der Waals surface area (Å²) in [4.78, 5) is 0. The van der Waals surface area contributed by atoms with Gasteiger partial charge in [-0.05, 0) is 82.0 Å². The molecule has 0 radical (unpaired) electrons. The van der Waals surface area contributed by atoms with Gasteiger partial charge in [0.2, 0.25) is 0 Å². The Kier molecular flexibility index (Phi) is 5.33. The maximum Gasteiger partial charge on any atom is 0.500 e. The fourth-order valence-corrected chi connectivity index (χ4v) is 9.56. The van der Waals surface area contributed by atoms with Crippen LogP contribution in [0.2, 0.25) is 6.04 Å². The summed E-state index contributed by atoms with van der Waals surface area (Å²) in [5.74, 6) is 5.45. The minimum atomic E-state index is -2.49. The van der Waals surface area contributed by atoms with E-state index in [2.05, 4.69) is 27.7 Å². The third-order valence-electron chi connectivity index (χ3n) is 7.61. The second-order valence-corrected chi connectivity index (χ2v) is 11.4. The van der Waals surface area contributed by atoms with Crippen molar-refractivity contribution >= 4 is 8.80 Å². The van der Waals surface area contributed by atoms with Crippen molar-refractivity contribution in [2.45, 2.75) is 71.6 Å². The van der Waals surface area contributed by atoms with Gasteiger partial charge < -0.3 is 18.0 Å². The summed E-state index contributed by atoms with van der Waals surface area (Å²) in [7, 11) is -2.49. The van der Waals surface area contributed by atoms with Gasteiger partial charge >= 0.3 is 8.80 Å². The van der Waals surface area contributed by atoms with Crippen LogP contribution in [0.3, 0.4) is 0 Å². The smallest absolute Gasteiger partial charge is 0.374 e. The molecule has 0 aromatic heterocycles. The zero-order valence-corrected chi connectivity index (χ0v) is 17.4. The molecule has 1 saturated heterocycles. The SMILES string of the molecule is CCO[Si](CCC1CC2C(C)C1C1CC3OC3CC21)(OCC)OCC. The molecule has 4 nitrogen and oxygen atoms in total. The van der Waals surface area contributed by atoms with Gasteiger partial charge in [0.25, 0.3) is 0 Å². The summed E-state index contributed by atoms with van der Waals surface area (Å²) >= 11 is 0. The van der Waals surface area contributed by atoms with E-state index in [1.807, 2.05) is 0 Å². The average molecular weight is 369 g/mol. The molecule has 4 aliphatic rings. The third-order valence-corrected chi connectivity index (χ3v) is 10.7. The molecule has 144 valence electrons. The fourth-order valence-electron chi connectivity index (χ4n) is 6.83. The summed E-state index contributed by atoms with van der Waals surface area (Å²) in [6.07, 6.45) is 6.55. The molecule has 3 saturated carbocycles. The molecule has 8 unspecified atom stereocenters. The van der Waals surface area contributed by atoms with Crippen LogP contribution in [0, 0.1) is 35.5 Å². The fraction of sp³-hybridized carbons (Fsp3) is 1.00. The molecule has 25 heavy (non-hydrogen) atoms. The lowest BCUT2D eigenvalue weighted by Crippen LogP contribution is -2.46. The lowest BCUT2D eigenvalue weighted by atomic mass is 9.67. The number of rotatable bonds is 9. The predicted octanol–water partition coefficient (Wildman–Crippen LogP) is 4.12. The van der Waals surface area contributed by atoms with Gasteiger partial charge in [-0.2, -0.15) is 0 Å². The molecule has 0 amide bonds. The summed E-state index contributed by atoms with van der Waals surface area (Å²) in [5.41, 5.74) is 0. The lowest BCUT2D eigenvalue weighted by Gasteiger charge is -2.38. The van der Waals surface area contributed by atoms with Gasteiger partial charge in [-0.15, -0.1) is 0 Å². The van der Waals surface area contributed by atoms with E-state index in [-0.39, 0.29) is 0 Å². The van der Waals surface area contributed by atoms with Crippen molar-refractivity contribution in [3.63, 3.8) is 0 Å². The lowest BCUT2D eigenvalue weighted by molar-refractivity contribution is 0.0651. The quantitative estimate of drug-likeness (QED) is 0.453. The van der Waals surface area contributed by atoms with E-state index in [0.717, 1.165) is 41.6 Å². The van der Waals surface area contributed by atoms with Crippen LogP contribution in [0.4, 0.5) is 0 Å². The Morgan fingerprint density at radius 1 is 0.840 bits per heavy atom. The molecule has 0 aromatic rings. The van der Waals surface area contributed by atoms with E-state index in [0.29, 0.717) is 32.0 Å². The van der Waals surface area contributed by atoms with Crippen LogP contribution in [0.5, 0.6) is 0 Å². The first-order valence-corrected chi connectivity index (χ1v) is 12.6. The monoisotopic (exact) mass is 368 g/mol. The molecular formula is C20H36O4Si. The van der Waals surface area contributed by atoms with Gasteiger partial charge in [0.15, 0.2) is 0 Å². The molecule has 0 N–H and O–H groups in total. The van der Waals surface area contributed by atoms with E-state index in [9.17, 15) is 0 Å². The van der Waals surface area contributed by atoms with Crippen LogP contribution in [-0.2, 0) is 18.0 Å². The van der Waals surface area contributed by atoms with Crippen molar-refractivity contribution in [3.05, 3.63) is 0 Å². The molecule has 0 spiro atoms. The highest BCUT2D eigenvalue weighted by Gasteiger charge is 2.62. The van der Waals surface area contributed by atoms with Gasteiger partial charge in [0.05, 0.1) is 12.2 Å². The molecule has 0 aromatic carbocycles. The minimum absolute atomic E-state index is 0.609. The first-order chi connectivity index (χ1) is 12.1. The van der Waals surface area contributed by atoms with Gasteiger partial charge in [-0.1, -0.05) is 6.92 Å². The molecule has 2 bridgehead atoms. The van der Waals surface area contributed by atoms with Crippen molar-refractivity contribution in [1.82, 2.24) is 0 Å². The average Bonchev–Trinajstić information content (AvgIpc) is 3.22. The van der Waals surface area contributed by atoms with Gasteiger partial charge in [-0.25, -0.2) is 0 Å². The highest BCUT2D eigenvalue weighted by Crippen LogP contribution is 2.65. The number of hydrogen-bond acceptors (Lipinski definition) is 4. The van der Waals surface area contributed by atoms with E-state index in [1.165, 1.54) is 25.7 Å². The van der Waals surface area contributed by atoms with Crippen molar-refractivity contribution in [3.8, 4) is 0 Å². The Hall–Kier alpha value is 0.0569. The number of hydrogen-bond donors (Lipinski definition) is 0. The first-order valence-electron chi connectivity index (χ1n) is 10.7. The van der Waals surface area contributed by atoms with Crippen molar-refractivity contribution < 1.29 is 18.0 Å². The summed E-state index contributed by atoms with van der Waals surface area (Å²) in [6.45, 7) is 10.7. The zero-order chi connectivity index (χ0) is 17.6. The van der Waals surface area contributed by atoms with Crippen molar-refractivity contribution in [2.75, 3.05) is 19.8 Å². The minimum Gasteiger partial charge on any atom is -0.374 e. The second kappa shape index (κ2) is 7.23. The number of ether oxygens (including phenoxy) is 1. The molecule has 3 aliphatic carbocycles. The highest BCUT2D eigenvalue weighted by molar-refractivity contribution is 6.60. The van der Waals surface area contributed by atoms with Crippen molar-refractivity contribution in [1.29, 1.82) is 0 Å². The Morgan fingerprint density at radius 2 is 1.44 bits per heavy atom. The van der Waals surface area contributed by atoms with Gasteiger partial charge in [-0.3, -0.25) is 0 Å². The normalized spacial score (nSPS) is 44.6. The molecular weight excluding hydrogens is 332 g/mol. The number of epoxide rings is 1. The van der Waals surface area contributed by atoms with Crippen LogP contribution in [0.1, 0.15) is 53.4 Å². The largest absolute Gasteiger partial charge is 0.500 e. The first kappa shape index (κ1) is 18.4. The van der Waals surface area contributed by atoms with Crippen LogP contribution in [0.15, 0.2) is 0 Å². The standard InChI is InChI=1S/C20H36O4Si/c1-5-21-25(22-6-2,23-7-3)9-8-14-10-15-13(4)20(14)17-12-19-18(24-19)11-16(15)17/h13-20H,5-12H2,1-4H3.